The van der Waals surface area contributed by atoms with E-state index in [9.17, 15) is 0 Å². The summed E-state index contributed by atoms with van der Waals surface area (Å²) in [5.41, 5.74) is 0. The second-order valence-electron chi connectivity index (χ2n) is 4.44. The first-order valence-corrected chi connectivity index (χ1v) is 6.11. The highest BCUT2D eigenvalue weighted by Gasteiger charge is 2.16. The molecule has 0 amide bonds. The van der Waals surface area contributed by atoms with E-state index in [1.54, 1.807) is 7.11 Å². The van der Waals surface area contributed by atoms with Crippen molar-refractivity contribution in [2.45, 2.75) is 64.0 Å². The minimum atomic E-state index is 0.577. The van der Waals surface area contributed by atoms with Gasteiger partial charge in [-0.3, -0.25) is 0 Å². The molecule has 1 atom stereocenters. The zero-order chi connectivity index (χ0) is 10.2. The Bertz CT molecular complexity index is 126. The van der Waals surface area contributed by atoms with Crippen LogP contribution in [0, 0.1) is 0 Å². The van der Waals surface area contributed by atoms with Crippen molar-refractivity contribution in [3.05, 3.63) is 0 Å². The maximum Gasteiger partial charge on any atom is 0.0615 e. The molecule has 1 N–H and O–H groups in total. The van der Waals surface area contributed by atoms with Crippen molar-refractivity contribution in [3.8, 4) is 0 Å². The Kier molecular flexibility index (Phi) is 6.20. The van der Waals surface area contributed by atoms with E-state index in [1.165, 1.54) is 44.9 Å². The van der Waals surface area contributed by atoms with Gasteiger partial charge >= 0.3 is 0 Å². The third-order valence-electron chi connectivity index (χ3n) is 3.08. The van der Waals surface area contributed by atoms with Crippen molar-refractivity contribution in [1.29, 1.82) is 0 Å². The van der Waals surface area contributed by atoms with Crippen molar-refractivity contribution < 1.29 is 4.74 Å². The predicted molar refractivity (Wildman–Crippen MR) is 60.6 cm³/mol. The molecule has 2 heteroatoms. The molecule has 0 aromatic carbocycles. The molecule has 1 fully saturated rings. The highest BCUT2D eigenvalue weighted by molar-refractivity contribution is 4.76. The summed E-state index contributed by atoms with van der Waals surface area (Å²) in [5, 5.41) is 3.73. The molecule has 1 aliphatic carbocycles. The molecule has 84 valence electrons. The van der Waals surface area contributed by atoms with Crippen molar-refractivity contribution >= 4 is 0 Å². The van der Waals surface area contributed by atoms with Gasteiger partial charge in [-0.05, 0) is 19.3 Å². The summed E-state index contributed by atoms with van der Waals surface area (Å²) in [6.45, 7) is 3.11. The van der Waals surface area contributed by atoms with Crippen LogP contribution in [0.3, 0.4) is 0 Å². The molecule has 0 saturated heterocycles. The van der Waals surface area contributed by atoms with Crippen LogP contribution in [0.4, 0.5) is 0 Å². The Balaban J connectivity index is 2.21. The normalized spacial score (nSPS) is 21.0. The van der Waals surface area contributed by atoms with Gasteiger partial charge in [-0.25, -0.2) is 0 Å². The molecule has 1 rings (SSSR count). The number of hydrogen-bond acceptors (Lipinski definition) is 2. The van der Waals surface area contributed by atoms with Crippen molar-refractivity contribution in [3.63, 3.8) is 0 Å². The third kappa shape index (κ3) is 4.43. The van der Waals surface area contributed by atoms with Crippen LogP contribution in [0.5, 0.6) is 0 Å². The maximum absolute atomic E-state index is 5.24. The molecule has 1 aliphatic rings. The average molecular weight is 199 g/mol. The first-order chi connectivity index (χ1) is 6.86. The van der Waals surface area contributed by atoms with Crippen LogP contribution in [0.15, 0.2) is 0 Å². The molecule has 2 nitrogen and oxygen atoms in total. The molecule has 0 bridgehead atoms. The summed E-state index contributed by atoms with van der Waals surface area (Å²) < 4.78 is 5.24. The number of hydrogen-bond donors (Lipinski definition) is 1. The summed E-state index contributed by atoms with van der Waals surface area (Å²) in [7, 11) is 1.80. The number of ether oxygens (including phenoxy) is 1. The average Bonchev–Trinajstić information content (AvgIpc) is 2.20. The summed E-state index contributed by atoms with van der Waals surface area (Å²) in [6.07, 6.45) is 9.46. The van der Waals surface area contributed by atoms with E-state index in [4.69, 9.17) is 4.74 Å². The lowest BCUT2D eigenvalue weighted by atomic mass is 9.94. The molecular formula is C12H25NO. The Morgan fingerprint density at radius 1 is 1.29 bits per heavy atom. The number of rotatable bonds is 6. The van der Waals surface area contributed by atoms with Gasteiger partial charge in [0.1, 0.15) is 0 Å². The van der Waals surface area contributed by atoms with Gasteiger partial charge in [-0.2, -0.15) is 0 Å². The van der Waals surface area contributed by atoms with Crippen LogP contribution in [0.25, 0.3) is 0 Å². The summed E-state index contributed by atoms with van der Waals surface area (Å²) in [4.78, 5) is 0. The highest BCUT2D eigenvalue weighted by atomic mass is 16.5. The van der Waals surface area contributed by atoms with E-state index in [0.29, 0.717) is 6.04 Å². The molecule has 1 unspecified atom stereocenters. The molecule has 0 aliphatic heterocycles. The van der Waals surface area contributed by atoms with Gasteiger partial charge in [0.05, 0.1) is 6.61 Å². The fourth-order valence-corrected chi connectivity index (χ4v) is 2.37. The van der Waals surface area contributed by atoms with Gasteiger partial charge in [-0.15, -0.1) is 0 Å². The minimum Gasteiger partial charge on any atom is -0.383 e. The fraction of sp³-hybridized carbons (Fsp3) is 1.00. The molecule has 0 aromatic heterocycles. The van der Waals surface area contributed by atoms with Gasteiger partial charge in [0.2, 0.25) is 0 Å². The zero-order valence-corrected chi connectivity index (χ0v) is 9.72. The smallest absolute Gasteiger partial charge is 0.0615 e. The van der Waals surface area contributed by atoms with Gasteiger partial charge in [-0.1, -0.05) is 32.6 Å². The van der Waals surface area contributed by atoms with E-state index in [1.807, 2.05) is 0 Å². The first-order valence-electron chi connectivity index (χ1n) is 6.11. The minimum absolute atomic E-state index is 0.577. The Morgan fingerprint density at radius 3 is 2.57 bits per heavy atom. The lowest BCUT2D eigenvalue weighted by Crippen LogP contribution is -2.41. The second kappa shape index (κ2) is 7.24. The monoisotopic (exact) mass is 199 g/mol. The van der Waals surface area contributed by atoms with E-state index >= 15 is 0 Å². The quantitative estimate of drug-likeness (QED) is 0.710. The van der Waals surface area contributed by atoms with E-state index in [-0.39, 0.29) is 0 Å². The first kappa shape index (κ1) is 12.0. The Labute approximate surface area is 88.4 Å². The van der Waals surface area contributed by atoms with Gasteiger partial charge < -0.3 is 10.1 Å². The van der Waals surface area contributed by atoms with E-state index in [2.05, 4.69) is 12.2 Å². The van der Waals surface area contributed by atoms with Crippen LogP contribution in [-0.4, -0.2) is 25.8 Å². The molecule has 1 saturated carbocycles. The van der Waals surface area contributed by atoms with Gasteiger partial charge in [0.25, 0.3) is 0 Å². The predicted octanol–water partition coefficient (Wildman–Crippen LogP) is 2.72. The summed E-state index contributed by atoms with van der Waals surface area (Å²) >= 11 is 0. The molecular weight excluding hydrogens is 174 g/mol. The molecule has 14 heavy (non-hydrogen) atoms. The maximum atomic E-state index is 5.24. The SMILES string of the molecule is CCCC(COC)NC1CCCCC1. The van der Waals surface area contributed by atoms with Crippen molar-refractivity contribution in [1.82, 2.24) is 5.32 Å². The zero-order valence-electron chi connectivity index (χ0n) is 9.72. The van der Waals surface area contributed by atoms with Crippen LogP contribution in [0.1, 0.15) is 51.9 Å². The van der Waals surface area contributed by atoms with E-state index in [0.717, 1.165) is 12.6 Å². The molecule has 0 spiro atoms. The Hall–Kier alpha value is -0.0800. The molecule has 0 heterocycles. The highest BCUT2D eigenvalue weighted by Crippen LogP contribution is 2.18. The lowest BCUT2D eigenvalue weighted by molar-refractivity contribution is 0.151. The van der Waals surface area contributed by atoms with Gasteiger partial charge in [0.15, 0.2) is 0 Å². The Morgan fingerprint density at radius 2 is 2.00 bits per heavy atom. The summed E-state index contributed by atoms with van der Waals surface area (Å²) in [6, 6.07) is 1.34. The summed E-state index contributed by atoms with van der Waals surface area (Å²) in [5.74, 6) is 0. The number of methoxy groups -OCH3 is 1. The van der Waals surface area contributed by atoms with Crippen molar-refractivity contribution in [2.75, 3.05) is 13.7 Å². The topological polar surface area (TPSA) is 21.3 Å². The third-order valence-corrected chi connectivity index (χ3v) is 3.08. The molecule has 0 aromatic rings. The largest absolute Gasteiger partial charge is 0.383 e. The molecule has 0 radical (unpaired) electrons. The number of nitrogens with one attached hydrogen (secondary N) is 1. The van der Waals surface area contributed by atoms with E-state index < -0.39 is 0 Å². The van der Waals surface area contributed by atoms with Crippen molar-refractivity contribution in [2.24, 2.45) is 0 Å². The second-order valence-corrected chi connectivity index (χ2v) is 4.44. The van der Waals surface area contributed by atoms with Crippen LogP contribution >= 0.6 is 0 Å². The van der Waals surface area contributed by atoms with Crippen LogP contribution < -0.4 is 5.32 Å². The van der Waals surface area contributed by atoms with Gasteiger partial charge in [0, 0.05) is 19.2 Å². The fourth-order valence-electron chi connectivity index (χ4n) is 2.37. The standard InChI is InChI=1S/C12H25NO/c1-3-7-12(10-14-2)13-11-8-5-4-6-9-11/h11-13H,3-10H2,1-2H3. The van der Waals surface area contributed by atoms with Crippen LogP contribution in [-0.2, 0) is 4.74 Å². The lowest BCUT2D eigenvalue weighted by Gasteiger charge is -2.28. The van der Waals surface area contributed by atoms with Crippen LogP contribution in [0.2, 0.25) is 0 Å².